The number of carbonyl (C=O) groups excluding carboxylic acids is 2. The predicted octanol–water partition coefficient (Wildman–Crippen LogP) is 5.87. The van der Waals surface area contributed by atoms with Crippen LogP contribution in [-0.4, -0.2) is 28.8 Å². The second-order valence-corrected chi connectivity index (χ2v) is 9.20. The van der Waals surface area contributed by atoms with E-state index in [0.29, 0.717) is 19.4 Å². The zero-order valence-corrected chi connectivity index (χ0v) is 20.6. The minimum absolute atomic E-state index is 0.0207. The van der Waals surface area contributed by atoms with Crippen molar-refractivity contribution in [2.75, 3.05) is 0 Å². The molecule has 0 fully saturated rings. The van der Waals surface area contributed by atoms with Crippen LogP contribution in [0.25, 0.3) is 10.8 Å². The second kappa shape index (κ2) is 11.3. The average molecular weight is 495 g/mol. The van der Waals surface area contributed by atoms with Gasteiger partial charge in [0.1, 0.15) is 6.04 Å². The highest BCUT2D eigenvalue weighted by Gasteiger charge is 2.26. The van der Waals surface area contributed by atoms with Crippen LogP contribution in [0.15, 0.2) is 71.2 Å². The first kappa shape index (κ1) is 24.0. The van der Waals surface area contributed by atoms with Crippen molar-refractivity contribution in [3.8, 4) is 0 Å². The number of hydrogen-bond donors (Lipinski definition) is 1. The van der Waals surface area contributed by atoms with Crippen molar-refractivity contribution in [3.63, 3.8) is 0 Å². The number of rotatable bonds is 9. The van der Waals surface area contributed by atoms with Gasteiger partial charge in [0.05, 0.1) is 0 Å². The van der Waals surface area contributed by atoms with Crippen LogP contribution in [0, 0.1) is 0 Å². The van der Waals surface area contributed by atoms with Crippen LogP contribution in [0.2, 0.25) is 0 Å². The third-order valence-electron chi connectivity index (χ3n) is 5.92. The highest BCUT2D eigenvalue weighted by molar-refractivity contribution is 9.10. The average Bonchev–Trinajstić information content (AvgIpc) is 2.81. The Bertz CT molecular complexity index is 1060. The molecule has 0 bridgehead atoms. The number of benzene rings is 3. The molecule has 3 rings (SSSR count). The molecule has 0 saturated carbocycles. The summed E-state index contributed by atoms with van der Waals surface area (Å²) >= 11 is 3.45. The van der Waals surface area contributed by atoms with Crippen LogP contribution in [0.3, 0.4) is 0 Å². The second-order valence-electron chi connectivity index (χ2n) is 8.28. The first-order chi connectivity index (χ1) is 15.4. The molecular weight excluding hydrogens is 464 g/mol. The Morgan fingerprint density at radius 1 is 0.969 bits per heavy atom. The molecule has 3 aromatic rings. The Kier molecular flexibility index (Phi) is 8.46. The summed E-state index contributed by atoms with van der Waals surface area (Å²) in [5.41, 5.74) is 2.15. The maximum atomic E-state index is 13.4. The summed E-state index contributed by atoms with van der Waals surface area (Å²) in [6, 6.07) is 21.8. The molecular formula is C27H31BrN2O2. The SMILES string of the molecule is CC[C@@H](C)NC(=O)[C@H](C)N(Cc1ccc(Br)cc1)C(=O)CCc1cccc2ccccc12. The van der Waals surface area contributed by atoms with E-state index in [1.54, 1.807) is 4.90 Å². The minimum atomic E-state index is -0.548. The van der Waals surface area contributed by atoms with Gasteiger partial charge in [-0.05, 0) is 60.7 Å². The summed E-state index contributed by atoms with van der Waals surface area (Å²) in [7, 11) is 0. The van der Waals surface area contributed by atoms with Crippen LogP contribution in [0.4, 0.5) is 0 Å². The molecule has 0 aliphatic carbocycles. The molecule has 5 heteroatoms. The standard InChI is InChI=1S/C27H31BrN2O2/c1-4-19(2)29-27(32)20(3)30(18-21-12-15-24(28)16-13-21)26(31)17-14-23-10-7-9-22-8-5-6-11-25(22)23/h5-13,15-16,19-20H,4,14,17-18H2,1-3H3,(H,29,32)/t19-,20+/m1/s1. The number of hydrogen-bond acceptors (Lipinski definition) is 2. The normalized spacial score (nSPS) is 12.9. The third-order valence-corrected chi connectivity index (χ3v) is 6.45. The van der Waals surface area contributed by atoms with Crippen molar-refractivity contribution in [1.82, 2.24) is 10.2 Å². The van der Waals surface area contributed by atoms with Gasteiger partial charge in [0.25, 0.3) is 0 Å². The fraction of sp³-hybridized carbons (Fsp3) is 0.333. The van der Waals surface area contributed by atoms with Crippen molar-refractivity contribution in [2.24, 2.45) is 0 Å². The summed E-state index contributed by atoms with van der Waals surface area (Å²) in [5.74, 6) is -0.136. The molecule has 2 amide bonds. The summed E-state index contributed by atoms with van der Waals surface area (Å²) in [4.78, 5) is 27.9. The van der Waals surface area contributed by atoms with E-state index in [4.69, 9.17) is 0 Å². The van der Waals surface area contributed by atoms with Crippen molar-refractivity contribution in [3.05, 3.63) is 82.3 Å². The van der Waals surface area contributed by atoms with Gasteiger partial charge in [0, 0.05) is 23.5 Å². The van der Waals surface area contributed by atoms with Gasteiger partial charge in [-0.1, -0.05) is 77.5 Å². The van der Waals surface area contributed by atoms with Crippen LogP contribution < -0.4 is 5.32 Å². The lowest BCUT2D eigenvalue weighted by Crippen LogP contribution is -2.49. The molecule has 4 nitrogen and oxygen atoms in total. The number of nitrogens with one attached hydrogen (secondary N) is 1. The number of halogens is 1. The van der Waals surface area contributed by atoms with Gasteiger partial charge in [-0.3, -0.25) is 9.59 Å². The van der Waals surface area contributed by atoms with E-state index in [1.165, 1.54) is 10.8 Å². The van der Waals surface area contributed by atoms with Crippen LogP contribution in [-0.2, 0) is 22.6 Å². The largest absolute Gasteiger partial charge is 0.352 e. The first-order valence-electron chi connectivity index (χ1n) is 11.2. The monoisotopic (exact) mass is 494 g/mol. The topological polar surface area (TPSA) is 49.4 Å². The molecule has 2 atom stereocenters. The quantitative estimate of drug-likeness (QED) is 0.404. The van der Waals surface area contributed by atoms with E-state index in [-0.39, 0.29) is 17.9 Å². The van der Waals surface area contributed by atoms with E-state index in [1.807, 2.05) is 63.2 Å². The van der Waals surface area contributed by atoms with Crippen LogP contribution >= 0.6 is 15.9 Å². The van der Waals surface area contributed by atoms with Gasteiger partial charge in [0.2, 0.25) is 11.8 Å². The maximum Gasteiger partial charge on any atom is 0.242 e. The Morgan fingerprint density at radius 2 is 1.66 bits per heavy atom. The van der Waals surface area contributed by atoms with E-state index >= 15 is 0 Å². The lowest BCUT2D eigenvalue weighted by atomic mass is 10.0. The Labute approximate surface area is 199 Å². The maximum absolute atomic E-state index is 13.4. The predicted molar refractivity (Wildman–Crippen MR) is 134 cm³/mol. The van der Waals surface area contributed by atoms with E-state index in [2.05, 4.69) is 45.5 Å². The van der Waals surface area contributed by atoms with Crippen molar-refractivity contribution in [1.29, 1.82) is 0 Å². The van der Waals surface area contributed by atoms with Gasteiger partial charge in [-0.25, -0.2) is 0 Å². The molecule has 1 N–H and O–H groups in total. The fourth-order valence-electron chi connectivity index (χ4n) is 3.73. The zero-order valence-electron chi connectivity index (χ0n) is 19.0. The number of amides is 2. The summed E-state index contributed by atoms with van der Waals surface area (Å²) in [5, 5.41) is 5.36. The molecule has 0 aliphatic rings. The van der Waals surface area contributed by atoms with Gasteiger partial charge in [0.15, 0.2) is 0 Å². The highest BCUT2D eigenvalue weighted by atomic mass is 79.9. The van der Waals surface area contributed by atoms with Crippen molar-refractivity contribution < 1.29 is 9.59 Å². The van der Waals surface area contributed by atoms with Crippen molar-refractivity contribution in [2.45, 2.75) is 58.7 Å². The Hall–Kier alpha value is -2.66. The number of fused-ring (bicyclic) bond motifs is 1. The van der Waals surface area contributed by atoms with E-state index in [0.717, 1.165) is 22.0 Å². The third kappa shape index (κ3) is 6.19. The van der Waals surface area contributed by atoms with Gasteiger partial charge in [-0.2, -0.15) is 0 Å². The molecule has 0 unspecified atom stereocenters. The lowest BCUT2D eigenvalue weighted by Gasteiger charge is -2.30. The van der Waals surface area contributed by atoms with E-state index in [9.17, 15) is 9.59 Å². The van der Waals surface area contributed by atoms with Gasteiger partial charge in [-0.15, -0.1) is 0 Å². The Morgan fingerprint density at radius 3 is 2.38 bits per heavy atom. The van der Waals surface area contributed by atoms with Crippen molar-refractivity contribution >= 4 is 38.5 Å². The molecule has 0 radical (unpaired) electrons. The van der Waals surface area contributed by atoms with Gasteiger partial charge < -0.3 is 10.2 Å². The molecule has 3 aromatic carbocycles. The number of nitrogens with zero attached hydrogens (tertiary/aromatic N) is 1. The molecule has 0 saturated heterocycles. The minimum Gasteiger partial charge on any atom is -0.352 e. The van der Waals surface area contributed by atoms with Crippen LogP contribution in [0.5, 0.6) is 0 Å². The van der Waals surface area contributed by atoms with E-state index < -0.39 is 6.04 Å². The number of carbonyl (C=O) groups is 2. The Balaban J connectivity index is 1.78. The lowest BCUT2D eigenvalue weighted by molar-refractivity contribution is -0.140. The van der Waals surface area contributed by atoms with Crippen LogP contribution in [0.1, 0.15) is 44.7 Å². The molecule has 0 aliphatic heterocycles. The summed E-state index contributed by atoms with van der Waals surface area (Å²) in [6.45, 7) is 6.22. The first-order valence-corrected chi connectivity index (χ1v) is 12.0. The molecule has 168 valence electrons. The summed E-state index contributed by atoms with van der Waals surface area (Å²) < 4.78 is 0.984. The molecule has 0 spiro atoms. The molecule has 0 aromatic heterocycles. The highest BCUT2D eigenvalue weighted by Crippen LogP contribution is 2.21. The fourth-order valence-corrected chi connectivity index (χ4v) is 3.99. The smallest absolute Gasteiger partial charge is 0.242 e. The molecule has 32 heavy (non-hydrogen) atoms. The zero-order chi connectivity index (χ0) is 23.1. The number of aryl methyl sites for hydroxylation is 1. The van der Waals surface area contributed by atoms with Gasteiger partial charge >= 0.3 is 0 Å². The summed E-state index contributed by atoms with van der Waals surface area (Å²) in [6.07, 6.45) is 1.84. The molecule has 0 heterocycles.